The molecule has 0 aromatic heterocycles. The van der Waals surface area contributed by atoms with Crippen molar-refractivity contribution in [2.24, 2.45) is 0 Å². The fourth-order valence-corrected chi connectivity index (χ4v) is 1.29. The quantitative estimate of drug-likeness (QED) is 0.377. The van der Waals surface area contributed by atoms with Crippen LogP contribution >= 0.6 is 0 Å². The summed E-state index contributed by atoms with van der Waals surface area (Å²) in [5.74, 6) is 0. The second-order valence-corrected chi connectivity index (χ2v) is 2.97. The fraction of sp³-hybridized carbons (Fsp3) is 0. The topological polar surface area (TPSA) is 16.6 Å². The fourth-order valence-electron chi connectivity index (χ4n) is 1.29. The number of hydrogen-bond acceptors (Lipinski definition) is 0. The van der Waals surface area contributed by atoms with Crippen LogP contribution < -0.4 is 53.3 Å². The molecule has 0 aliphatic heterocycles. The Labute approximate surface area is 124 Å². The van der Waals surface area contributed by atoms with E-state index in [9.17, 15) is 0 Å². The van der Waals surface area contributed by atoms with Crippen LogP contribution in [0.4, 0.5) is 11.4 Å². The van der Waals surface area contributed by atoms with Crippen molar-refractivity contribution in [2.75, 3.05) is 0 Å². The van der Waals surface area contributed by atoms with Gasteiger partial charge in [0.15, 0.2) is 0 Å². The molecule has 0 heterocycles. The van der Waals surface area contributed by atoms with E-state index in [2.05, 4.69) is 53.8 Å². The molecule has 15 heavy (non-hydrogen) atoms. The maximum absolute atomic E-state index is 2.17. The van der Waals surface area contributed by atoms with Gasteiger partial charge in [-0.25, -0.2) is 0 Å². The first kappa shape index (κ1) is 14.9. The van der Waals surface area contributed by atoms with Gasteiger partial charge in [0.1, 0.15) is 11.4 Å². The van der Waals surface area contributed by atoms with Crippen molar-refractivity contribution in [2.45, 2.75) is 0 Å². The number of nitrogens with two attached hydrogens (primary N) is 1. The van der Waals surface area contributed by atoms with Gasteiger partial charge in [0.2, 0.25) is 0 Å². The van der Waals surface area contributed by atoms with Gasteiger partial charge in [-0.15, -0.1) is 0 Å². The standard InChI is InChI=1S/C12H11N.2HI/c1-3-7-11(8-4-1)13-12-9-5-2-6-10-12;;/h1-10,13H;2*1H/p-1. The number of hydrogen-bond donors (Lipinski definition) is 1. The van der Waals surface area contributed by atoms with Crippen molar-refractivity contribution in [3.63, 3.8) is 0 Å². The second kappa shape index (κ2) is 8.06. The predicted octanol–water partition coefficient (Wildman–Crippen LogP) is -3.78. The molecule has 1 nitrogen and oxygen atoms in total. The van der Waals surface area contributed by atoms with Crippen molar-refractivity contribution in [1.82, 2.24) is 0 Å². The van der Waals surface area contributed by atoms with Gasteiger partial charge >= 0.3 is 0 Å². The molecular formula is C12H12I2N-. The molecule has 0 aliphatic carbocycles. The van der Waals surface area contributed by atoms with Crippen LogP contribution in [-0.4, -0.2) is 0 Å². The van der Waals surface area contributed by atoms with E-state index in [0.717, 1.165) is 0 Å². The summed E-state index contributed by atoms with van der Waals surface area (Å²) in [7, 11) is 0. The Morgan fingerprint density at radius 3 is 1.20 bits per heavy atom. The van der Waals surface area contributed by atoms with Crippen LogP contribution in [0.15, 0.2) is 60.7 Å². The van der Waals surface area contributed by atoms with Gasteiger partial charge in [0.25, 0.3) is 0 Å². The van der Waals surface area contributed by atoms with Gasteiger partial charge in [0, 0.05) is 0 Å². The predicted molar refractivity (Wildman–Crippen MR) is 54.1 cm³/mol. The minimum absolute atomic E-state index is 0. The molecule has 2 rings (SSSR count). The lowest BCUT2D eigenvalue weighted by atomic mass is 10.3. The van der Waals surface area contributed by atoms with E-state index in [1.165, 1.54) is 11.4 Å². The lowest BCUT2D eigenvalue weighted by molar-refractivity contribution is -0.478. The Kier molecular flexibility index (Phi) is 7.99. The molecule has 2 N–H and O–H groups in total. The summed E-state index contributed by atoms with van der Waals surface area (Å²) >= 11 is 0. The zero-order valence-electron chi connectivity index (χ0n) is 8.11. The Morgan fingerprint density at radius 1 is 0.533 bits per heavy atom. The first-order valence-electron chi connectivity index (χ1n) is 4.40. The summed E-state index contributed by atoms with van der Waals surface area (Å²) in [5, 5.41) is 2.17. The molecule has 0 fully saturated rings. The molecular weight excluding hydrogens is 412 g/mol. The summed E-state index contributed by atoms with van der Waals surface area (Å²) in [5.41, 5.74) is 2.49. The Balaban J connectivity index is 0.000000980. The van der Waals surface area contributed by atoms with Crippen LogP contribution in [0.1, 0.15) is 0 Å². The SMILES string of the molecule is [I-].[I-].c1ccc([NH2+]c2ccccc2)cc1. The summed E-state index contributed by atoms with van der Waals surface area (Å²) < 4.78 is 0. The highest BCUT2D eigenvalue weighted by Gasteiger charge is 1.96. The molecule has 2 aromatic rings. The number of benzene rings is 2. The Morgan fingerprint density at radius 2 is 0.867 bits per heavy atom. The minimum atomic E-state index is 0. The van der Waals surface area contributed by atoms with E-state index in [-0.39, 0.29) is 48.0 Å². The van der Waals surface area contributed by atoms with Crippen LogP contribution in [0.2, 0.25) is 0 Å². The summed E-state index contributed by atoms with van der Waals surface area (Å²) in [6.45, 7) is 0. The van der Waals surface area contributed by atoms with Crippen LogP contribution in [-0.2, 0) is 0 Å². The molecule has 0 saturated heterocycles. The summed E-state index contributed by atoms with van der Waals surface area (Å²) in [6.07, 6.45) is 0. The van der Waals surface area contributed by atoms with E-state index < -0.39 is 0 Å². The highest BCUT2D eigenvalue weighted by atomic mass is 127. The number of para-hydroxylation sites is 2. The zero-order valence-corrected chi connectivity index (χ0v) is 12.4. The van der Waals surface area contributed by atoms with Crippen molar-refractivity contribution < 1.29 is 53.3 Å². The molecule has 80 valence electrons. The van der Waals surface area contributed by atoms with Crippen LogP contribution in [0.25, 0.3) is 0 Å². The Bertz CT molecular complexity index is 324. The average Bonchev–Trinajstić information content (AvgIpc) is 2.21. The van der Waals surface area contributed by atoms with E-state index in [0.29, 0.717) is 0 Å². The molecule has 2 aromatic carbocycles. The van der Waals surface area contributed by atoms with Crippen molar-refractivity contribution in [1.29, 1.82) is 0 Å². The highest BCUT2D eigenvalue weighted by molar-refractivity contribution is 5.35. The number of halogens is 2. The minimum Gasteiger partial charge on any atom is -1.00 e. The van der Waals surface area contributed by atoms with Gasteiger partial charge in [-0.1, -0.05) is 36.4 Å². The number of quaternary nitrogens is 1. The molecule has 0 spiro atoms. The lowest BCUT2D eigenvalue weighted by Crippen LogP contribution is -3.00. The first-order chi connectivity index (χ1) is 6.45. The lowest BCUT2D eigenvalue weighted by Gasteiger charge is -1.98. The molecule has 0 amide bonds. The van der Waals surface area contributed by atoms with E-state index in [1.54, 1.807) is 0 Å². The third-order valence-corrected chi connectivity index (χ3v) is 1.93. The van der Waals surface area contributed by atoms with Gasteiger partial charge in [-0.3, -0.25) is 5.32 Å². The van der Waals surface area contributed by atoms with Crippen molar-refractivity contribution >= 4 is 11.4 Å². The van der Waals surface area contributed by atoms with E-state index in [1.807, 2.05) is 12.1 Å². The maximum Gasteiger partial charge on any atom is 0.134 e. The monoisotopic (exact) mass is 424 g/mol. The molecule has 0 atom stereocenters. The zero-order chi connectivity index (χ0) is 8.93. The van der Waals surface area contributed by atoms with E-state index >= 15 is 0 Å². The first-order valence-corrected chi connectivity index (χ1v) is 4.40. The van der Waals surface area contributed by atoms with E-state index in [4.69, 9.17) is 0 Å². The smallest absolute Gasteiger partial charge is 0.134 e. The molecule has 0 bridgehead atoms. The van der Waals surface area contributed by atoms with Gasteiger partial charge in [-0.2, -0.15) is 0 Å². The largest absolute Gasteiger partial charge is 1.00 e. The van der Waals surface area contributed by atoms with Crippen LogP contribution in [0.5, 0.6) is 0 Å². The van der Waals surface area contributed by atoms with Crippen LogP contribution in [0, 0.1) is 0 Å². The third-order valence-electron chi connectivity index (χ3n) is 1.93. The molecule has 0 saturated carbocycles. The van der Waals surface area contributed by atoms with Gasteiger partial charge in [-0.05, 0) is 24.3 Å². The summed E-state index contributed by atoms with van der Waals surface area (Å²) in [6, 6.07) is 20.7. The number of rotatable bonds is 2. The molecule has 0 aliphatic rings. The van der Waals surface area contributed by atoms with Crippen LogP contribution in [0.3, 0.4) is 0 Å². The maximum atomic E-state index is 2.17. The average molecular weight is 424 g/mol. The van der Waals surface area contributed by atoms with Crippen molar-refractivity contribution in [3.05, 3.63) is 60.7 Å². The highest BCUT2D eigenvalue weighted by Crippen LogP contribution is 2.02. The molecule has 0 radical (unpaired) electrons. The molecule has 0 unspecified atom stereocenters. The van der Waals surface area contributed by atoms with Gasteiger partial charge in [0.05, 0.1) is 0 Å². The molecule has 3 heteroatoms. The Hall–Kier alpha value is -0.140. The van der Waals surface area contributed by atoms with Gasteiger partial charge < -0.3 is 48.0 Å². The normalized spacial score (nSPS) is 8.53. The second-order valence-electron chi connectivity index (χ2n) is 2.97. The van der Waals surface area contributed by atoms with Crippen molar-refractivity contribution in [3.8, 4) is 0 Å². The third kappa shape index (κ3) is 4.94. The summed E-state index contributed by atoms with van der Waals surface area (Å²) in [4.78, 5) is 0.